The van der Waals surface area contributed by atoms with E-state index in [9.17, 15) is 4.39 Å². The van der Waals surface area contributed by atoms with Gasteiger partial charge in [-0.15, -0.1) is 0 Å². The van der Waals surface area contributed by atoms with Crippen LogP contribution >= 0.6 is 0 Å². The highest BCUT2D eigenvalue weighted by molar-refractivity contribution is 5.28. The van der Waals surface area contributed by atoms with Crippen LogP contribution < -0.4 is 0 Å². The molecule has 0 heterocycles. The number of hydrogen-bond donors (Lipinski definition) is 0. The monoisotopic (exact) mass is 180 g/mol. The van der Waals surface area contributed by atoms with Gasteiger partial charge < -0.3 is 0 Å². The molecule has 0 amide bonds. The van der Waals surface area contributed by atoms with E-state index in [1.165, 1.54) is 5.57 Å². The van der Waals surface area contributed by atoms with Crippen molar-refractivity contribution in [2.75, 3.05) is 0 Å². The maximum atomic E-state index is 12.7. The summed E-state index contributed by atoms with van der Waals surface area (Å²) in [6.07, 6.45) is 9.13. The van der Waals surface area contributed by atoms with E-state index in [-0.39, 0.29) is 11.2 Å². The van der Waals surface area contributed by atoms with Crippen molar-refractivity contribution in [1.82, 2.24) is 0 Å². The van der Waals surface area contributed by atoms with Crippen LogP contribution in [0.15, 0.2) is 35.7 Å². The van der Waals surface area contributed by atoms with Crippen LogP contribution in [0.25, 0.3) is 0 Å². The molecule has 0 fully saturated rings. The maximum Gasteiger partial charge on any atom is 0.100 e. The number of hydrogen-bond acceptors (Lipinski definition) is 0. The van der Waals surface area contributed by atoms with Gasteiger partial charge >= 0.3 is 0 Å². The normalized spacial score (nSPS) is 18.8. The summed E-state index contributed by atoms with van der Waals surface area (Å²) >= 11 is 0. The van der Waals surface area contributed by atoms with Gasteiger partial charge in [0, 0.05) is 11.8 Å². The standard InChI is InChI=1S/C12H17F/c1-4-9-12(2,3)10-5-7-11(13)8-6-10/h4-5,7,9H,6,8H2,1-3H3/b9-4+. The second kappa shape index (κ2) is 3.91. The van der Waals surface area contributed by atoms with Crippen LogP contribution in [0.4, 0.5) is 4.39 Å². The van der Waals surface area contributed by atoms with Crippen LogP contribution in [0.3, 0.4) is 0 Å². The van der Waals surface area contributed by atoms with E-state index in [1.54, 1.807) is 6.08 Å². The zero-order valence-electron chi connectivity index (χ0n) is 8.60. The van der Waals surface area contributed by atoms with Crippen LogP contribution in [0.2, 0.25) is 0 Å². The molecule has 0 N–H and O–H groups in total. The number of allylic oxidation sites excluding steroid dienone is 6. The summed E-state index contributed by atoms with van der Waals surface area (Å²) in [6, 6.07) is 0. The molecular formula is C12H17F. The second-order valence-corrected chi connectivity index (χ2v) is 4.03. The third-order valence-electron chi connectivity index (χ3n) is 2.51. The molecule has 0 bridgehead atoms. The van der Waals surface area contributed by atoms with Gasteiger partial charge in [0.2, 0.25) is 0 Å². The summed E-state index contributed by atoms with van der Waals surface area (Å²) < 4.78 is 12.7. The Bertz CT molecular complexity index is 267. The fourth-order valence-corrected chi connectivity index (χ4v) is 1.67. The van der Waals surface area contributed by atoms with Crippen molar-refractivity contribution in [1.29, 1.82) is 0 Å². The first-order valence-corrected chi connectivity index (χ1v) is 4.76. The molecule has 0 aliphatic heterocycles. The largest absolute Gasteiger partial charge is 0.212 e. The van der Waals surface area contributed by atoms with Crippen molar-refractivity contribution in [2.24, 2.45) is 5.41 Å². The zero-order valence-corrected chi connectivity index (χ0v) is 8.60. The minimum atomic E-state index is 0.0000260. The molecule has 0 aromatic carbocycles. The van der Waals surface area contributed by atoms with Crippen LogP contribution in [-0.4, -0.2) is 0 Å². The first-order chi connectivity index (χ1) is 6.06. The van der Waals surface area contributed by atoms with Crippen LogP contribution in [0.5, 0.6) is 0 Å². The lowest BCUT2D eigenvalue weighted by atomic mass is 9.79. The fourth-order valence-electron chi connectivity index (χ4n) is 1.67. The highest BCUT2D eigenvalue weighted by atomic mass is 19.1. The van der Waals surface area contributed by atoms with Gasteiger partial charge in [-0.1, -0.05) is 37.6 Å². The smallest absolute Gasteiger partial charge is 0.100 e. The fraction of sp³-hybridized carbons (Fsp3) is 0.500. The molecular weight excluding hydrogens is 163 g/mol. The Kier molecular flexibility index (Phi) is 3.07. The van der Waals surface area contributed by atoms with Crippen molar-refractivity contribution in [3.63, 3.8) is 0 Å². The first kappa shape index (κ1) is 10.2. The van der Waals surface area contributed by atoms with Crippen molar-refractivity contribution < 1.29 is 4.39 Å². The highest BCUT2D eigenvalue weighted by Gasteiger charge is 2.20. The lowest BCUT2D eigenvalue weighted by molar-refractivity contribution is 0.514. The van der Waals surface area contributed by atoms with E-state index in [1.807, 2.05) is 13.0 Å². The average Bonchev–Trinajstić information content (AvgIpc) is 2.05. The maximum absolute atomic E-state index is 12.7. The Balaban J connectivity index is 2.84. The van der Waals surface area contributed by atoms with Crippen LogP contribution in [0, 0.1) is 5.41 Å². The van der Waals surface area contributed by atoms with Crippen molar-refractivity contribution in [3.8, 4) is 0 Å². The predicted molar refractivity (Wildman–Crippen MR) is 55.1 cm³/mol. The summed E-state index contributed by atoms with van der Waals surface area (Å²) in [6.45, 7) is 6.34. The van der Waals surface area contributed by atoms with Gasteiger partial charge in [-0.2, -0.15) is 0 Å². The van der Waals surface area contributed by atoms with Crippen molar-refractivity contribution >= 4 is 0 Å². The Morgan fingerprint density at radius 2 is 2.00 bits per heavy atom. The number of rotatable bonds is 2. The molecule has 0 nitrogen and oxygen atoms in total. The van der Waals surface area contributed by atoms with Crippen molar-refractivity contribution in [3.05, 3.63) is 35.7 Å². The molecule has 0 unspecified atom stereocenters. The summed E-state index contributed by atoms with van der Waals surface area (Å²) in [7, 11) is 0. The molecule has 0 saturated carbocycles. The molecule has 0 atom stereocenters. The van der Waals surface area contributed by atoms with E-state index in [0.29, 0.717) is 6.42 Å². The minimum Gasteiger partial charge on any atom is -0.212 e. The third kappa shape index (κ3) is 2.55. The van der Waals surface area contributed by atoms with Gasteiger partial charge in [0.05, 0.1) is 0 Å². The van der Waals surface area contributed by atoms with E-state index >= 15 is 0 Å². The van der Waals surface area contributed by atoms with Gasteiger partial charge in [0.15, 0.2) is 0 Å². The molecule has 0 aromatic heterocycles. The Hall–Kier alpha value is -0.850. The number of halogens is 1. The van der Waals surface area contributed by atoms with E-state index in [4.69, 9.17) is 0 Å². The summed E-state index contributed by atoms with van der Waals surface area (Å²) in [5.41, 5.74) is 1.39. The van der Waals surface area contributed by atoms with Gasteiger partial charge in [-0.25, -0.2) is 4.39 Å². The van der Waals surface area contributed by atoms with E-state index < -0.39 is 0 Å². The van der Waals surface area contributed by atoms with Gasteiger partial charge in [0.1, 0.15) is 5.83 Å². The topological polar surface area (TPSA) is 0 Å². The summed E-state index contributed by atoms with van der Waals surface area (Å²) in [5, 5.41) is 0. The Labute approximate surface area is 79.8 Å². The Morgan fingerprint density at radius 3 is 2.46 bits per heavy atom. The van der Waals surface area contributed by atoms with E-state index in [0.717, 1.165) is 6.42 Å². The molecule has 0 radical (unpaired) electrons. The average molecular weight is 180 g/mol. The van der Waals surface area contributed by atoms with Crippen molar-refractivity contribution in [2.45, 2.75) is 33.6 Å². The molecule has 0 saturated heterocycles. The molecule has 1 rings (SSSR count). The lowest BCUT2D eigenvalue weighted by Gasteiger charge is -2.26. The summed E-state index contributed by atoms with van der Waals surface area (Å²) in [4.78, 5) is 0. The first-order valence-electron chi connectivity index (χ1n) is 4.76. The van der Waals surface area contributed by atoms with E-state index in [2.05, 4.69) is 26.0 Å². The predicted octanol–water partition coefficient (Wildman–Crippen LogP) is 4.16. The van der Waals surface area contributed by atoms with Gasteiger partial charge in [-0.3, -0.25) is 0 Å². The highest BCUT2D eigenvalue weighted by Crippen LogP contribution is 2.34. The SMILES string of the molecule is C/C=C/C(C)(C)C1=CC=C(F)CC1. The summed E-state index contributed by atoms with van der Waals surface area (Å²) in [5.74, 6) is 0.0000260. The quantitative estimate of drug-likeness (QED) is 0.560. The third-order valence-corrected chi connectivity index (χ3v) is 2.51. The lowest BCUT2D eigenvalue weighted by Crippen LogP contribution is -2.12. The Morgan fingerprint density at radius 1 is 1.31 bits per heavy atom. The molecule has 0 aromatic rings. The second-order valence-electron chi connectivity index (χ2n) is 4.03. The minimum absolute atomic E-state index is 0.0000260. The van der Waals surface area contributed by atoms with Crippen LogP contribution in [0.1, 0.15) is 33.6 Å². The zero-order chi connectivity index (χ0) is 9.90. The molecule has 1 aliphatic rings. The molecule has 13 heavy (non-hydrogen) atoms. The molecule has 1 heteroatoms. The van der Waals surface area contributed by atoms with Gasteiger partial charge in [-0.05, 0) is 19.4 Å². The van der Waals surface area contributed by atoms with Crippen LogP contribution in [-0.2, 0) is 0 Å². The molecule has 1 aliphatic carbocycles. The van der Waals surface area contributed by atoms with Gasteiger partial charge in [0.25, 0.3) is 0 Å². The molecule has 0 spiro atoms. The molecule has 72 valence electrons.